The van der Waals surface area contributed by atoms with Crippen molar-refractivity contribution in [2.75, 3.05) is 13.7 Å². The zero-order chi connectivity index (χ0) is 10.6. The van der Waals surface area contributed by atoms with E-state index in [1.54, 1.807) is 0 Å². The molecule has 0 bridgehead atoms. The predicted octanol–water partition coefficient (Wildman–Crippen LogP) is 3.80. The van der Waals surface area contributed by atoms with Crippen LogP contribution in [0.4, 0.5) is 0 Å². The Kier molecular flexibility index (Phi) is 4.18. The molecule has 14 heavy (non-hydrogen) atoms. The molecule has 0 unspecified atom stereocenters. The maximum Gasteiger partial charge on any atom is 0.0524 e. The van der Waals surface area contributed by atoms with Gasteiger partial charge in [0.15, 0.2) is 0 Å². The van der Waals surface area contributed by atoms with Gasteiger partial charge in [0.05, 0.1) is 6.61 Å². The Labute approximate surface area is 88.5 Å². The summed E-state index contributed by atoms with van der Waals surface area (Å²) >= 11 is 0. The summed E-state index contributed by atoms with van der Waals surface area (Å²) in [6.07, 6.45) is 7.66. The van der Waals surface area contributed by atoms with E-state index < -0.39 is 0 Å². The molecule has 1 aliphatic carbocycles. The second-order valence-corrected chi connectivity index (χ2v) is 5.07. The van der Waals surface area contributed by atoms with Gasteiger partial charge in [-0.25, -0.2) is 0 Å². The molecule has 1 aliphatic rings. The first-order valence-corrected chi connectivity index (χ1v) is 5.73. The van der Waals surface area contributed by atoms with Crippen LogP contribution in [0.15, 0.2) is 11.6 Å². The normalized spacial score (nSPS) is 31.9. The highest BCUT2D eigenvalue weighted by Gasteiger charge is 2.39. The van der Waals surface area contributed by atoms with Crippen LogP contribution in [0.1, 0.15) is 46.5 Å². The van der Waals surface area contributed by atoms with Gasteiger partial charge in [-0.1, -0.05) is 31.4 Å². The minimum Gasteiger partial charge on any atom is -0.384 e. The Bertz CT molecular complexity index is 203. The van der Waals surface area contributed by atoms with Crippen LogP contribution in [0.25, 0.3) is 0 Å². The van der Waals surface area contributed by atoms with Gasteiger partial charge in [-0.2, -0.15) is 0 Å². The number of methoxy groups -OCH3 is 1. The highest BCUT2D eigenvalue weighted by Crippen LogP contribution is 2.46. The van der Waals surface area contributed by atoms with E-state index in [2.05, 4.69) is 26.8 Å². The van der Waals surface area contributed by atoms with Gasteiger partial charge in [0.1, 0.15) is 0 Å². The molecule has 0 radical (unpaired) electrons. The number of allylic oxidation sites excluding steroid dienone is 2. The second kappa shape index (κ2) is 4.97. The minimum absolute atomic E-state index is 0.437. The van der Waals surface area contributed by atoms with Gasteiger partial charge in [0.25, 0.3) is 0 Å². The third kappa shape index (κ3) is 2.60. The van der Waals surface area contributed by atoms with Crippen molar-refractivity contribution in [3.05, 3.63) is 11.6 Å². The topological polar surface area (TPSA) is 9.23 Å². The molecule has 0 aromatic heterocycles. The van der Waals surface area contributed by atoms with E-state index in [9.17, 15) is 0 Å². The van der Waals surface area contributed by atoms with Crippen LogP contribution >= 0.6 is 0 Å². The summed E-state index contributed by atoms with van der Waals surface area (Å²) in [5, 5.41) is 0. The molecule has 0 saturated heterocycles. The molecule has 1 rings (SSSR count). The average molecular weight is 196 g/mol. The van der Waals surface area contributed by atoms with Crippen LogP contribution in [-0.4, -0.2) is 13.7 Å². The zero-order valence-corrected chi connectivity index (χ0v) is 10.1. The molecule has 0 aromatic rings. The first kappa shape index (κ1) is 11.8. The lowest BCUT2D eigenvalue weighted by molar-refractivity contribution is 0.0563. The van der Waals surface area contributed by atoms with E-state index in [1.807, 2.05) is 7.11 Å². The lowest BCUT2D eigenvalue weighted by Gasteiger charge is -2.32. The third-order valence-electron chi connectivity index (χ3n) is 3.71. The van der Waals surface area contributed by atoms with Crippen LogP contribution in [0.3, 0.4) is 0 Å². The van der Waals surface area contributed by atoms with Crippen LogP contribution in [0, 0.1) is 11.3 Å². The third-order valence-corrected chi connectivity index (χ3v) is 3.71. The van der Waals surface area contributed by atoms with E-state index in [0.717, 1.165) is 12.5 Å². The van der Waals surface area contributed by atoms with Crippen molar-refractivity contribution in [3.8, 4) is 0 Å². The summed E-state index contributed by atoms with van der Waals surface area (Å²) < 4.78 is 5.40. The number of hydrogen-bond donors (Lipinski definition) is 0. The van der Waals surface area contributed by atoms with E-state index in [0.29, 0.717) is 5.41 Å². The maximum absolute atomic E-state index is 5.40. The van der Waals surface area contributed by atoms with Gasteiger partial charge in [0.2, 0.25) is 0 Å². The largest absolute Gasteiger partial charge is 0.384 e. The summed E-state index contributed by atoms with van der Waals surface area (Å²) in [5.74, 6) is 0.818. The molecular formula is C13H24O. The first-order valence-electron chi connectivity index (χ1n) is 5.73. The fraction of sp³-hybridized carbons (Fsp3) is 0.846. The number of ether oxygens (including phenoxy) is 1. The van der Waals surface area contributed by atoms with Crippen molar-refractivity contribution in [2.24, 2.45) is 11.3 Å². The molecule has 0 aromatic carbocycles. The van der Waals surface area contributed by atoms with E-state index in [-0.39, 0.29) is 0 Å². The lowest BCUT2D eigenvalue weighted by atomic mass is 9.76. The highest BCUT2D eigenvalue weighted by molar-refractivity contribution is 5.01. The van der Waals surface area contributed by atoms with Crippen LogP contribution in [0.5, 0.6) is 0 Å². The highest BCUT2D eigenvalue weighted by atomic mass is 16.5. The van der Waals surface area contributed by atoms with Crippen molar-refractivity contribution in [3.63, 3.8) is 0 Å². The van der Waals surface area contributed by atoms with Crippen molar-refractivity contribution < 1.29 is 4.74 Å². The van der Waals surface area contributed by atoms with Crippen molar-refractivity contribution in [2.45, 2.75) is 46.5 Å². The molecular weight excluding hydrogens is 172 g/mol. The fourth-order valence-electron chi connectivity index (χ4n) is 2.58. The van der Waals surface area contributed by atoms with Crippen LogP contribution in [-0.2, 0) is 4.74 Å². The van der Waals surface area contributed by atoms with Crippen molar-refractivity contribution in [1.82, 2.24) is 0 Å². The smallest absolute Gasteiger partial charge is 0.0524 e. The summed E-state index contributed by atoms with van der Waals surface area (Å²) in [6.45, 7) is 7.67. The average Bonchev–Trinajstić information content (AvgIpc) is 2.46. The standard InChI is InChI=1S/C13H24O/c1-11(2)7-9-13(10-14-4)8-5-6-12(13)3/h7,12H,5-6,8-10H2,1-4H3/t12-,13-/m1/s1. The van der Waals surface area contributed by atoms with Crippen LogP contribution < -0.4 is 0 Å². The minimum atomic E-state index is 0.437. The second-order valence-electron chi connectivity index (χ2n) is 5.07. The van der Waals surface area contributed by atoms with E-state index in [4.69, 9.17) is 4.74 Å². The summed E-state index contributed by atoms with van der Waals surface area (Å²) in [4.78, 5) is 0. The van der Waals surface area contributed by atoms with Crippen molar-refractivity contribution >= 4 is 0 Å². The Hall–Kier alpha value is -0.300. The molecule has 0 amide bonds. The van der Waals surface area contributed by atoms with Gasteiger partial charge in [0, 0.05) is 7.11 Å². The van der Waals surface area contributed by atoms with E-state index in [1.165, 1.54) is 31.3 Å². The van der Waals surface area contributed by atoms with Gasteiger partial charge in [-0.05, 0) is 38.0 Å². The molecule has 82 valence electrons. The van der Waals surface area contributed by atoms with Gasteiger partial charge in [-0.3, -0.25) is 0 Å². The maximum atomic E-state index is 5.40. The molecule has 0 N–H and O–H groups in total. The van der Waals surface area contributed by atoms with Gasteiger partial charge >= 0.3 is 0 Å². The monoisotopic (exact) mass is 196 g/mol. The summed E-state index contributed by atoms with van der Waals surface area (Å²) in [7, 11) is 1.83. The van der Waals surface area contributed by atoms with Crippen LogP contribution in [0.2, 0.25) is 0 Å². The molecule has 2 atom stereocenters. The molecule has 1 nitrogen and oxygen atoms in total. The number of rotatable bonds is 4. The fourth-order valence-corrected chi connectivity index (χ4v) is 2.58. The molecule has 0 spiro atoms. The summed E-state index contributed by atoms with van der Waals surface area (Å²) in [6, 6.07) is 0. The Morgan fingerprint density at radius 1 is 1.50 bits per heavy atom. The Balaban J connectivity index is 2.66. The van der Waals surface area contributed by atoms with Gasteiger partial charge < -0.3 is 4.74 Å². The molecule has 1 heteroatoms. The molecule has 0 aliphatic heterocycles. The summed E-state index contributed by atoms with van der Waals surface area (Å²) in [5.41, 5.74) is 1.87. The molecule has 0 heterocycles. The zero-order valence-electron chi connectivity index (χ0n) is 10.1. The quantitative estimate of drug-likeness (QED) is 0.621. The van der Waals surface area contributed by atoms with Gasteiger partial charge in [-0.15, -0.1) is 0 Å². The Morgan fingerprint density at radius 3 is 2.64 bits per heavy atom. The number of hydrogen-bond acceptors (Lipinski definition) is 1. The molecule has 1 fully saturated rings. The Morgan fingerprint density at radius 2 is 2.21 bits per heavy atom. The lowest BCUT2D eigenvalue weighted by Crippen LogP contribution is -2.28. The van der Waals surface area contributed by atoms with Crippen molar-refractivity contribution in [1.29, 1.82) is 0 Å². The SMILES string of the molecule is COC[C@]1(CC=C(C)C)CCC[C@H]1C. The molecule has 1 saturated carbocycles. The first-order chi connectivity index (χ1) is 6.60. The van der Waals surface area contributed by atoms with E-state index >= 15 is 0 Å². The predicted molar refractivity (Wildman–Crippen MR) is 61.4 cm³/mol.